The van der Waals surface area contributed by atoms with E-state index in [0.717, 1.165) is 28.6 Å². The van der Waals surface area contributed by atoms with Crippen molar-refractivity contribution in [2.75, 3.05) is 17.3 Å². The van der Waals surface area contributed by atoms with Gasteiger partial charge in [-0.15, -0.1) is 0 Å². The average molecular weight is 352 g/mol. The predicted octanol–water partition coefficient (Wildman–Crippen LogP) is 3.73. The molecule has 3 rings (SSSR count). The Kier molecular flexibility index (Phi) is 5.40. The second-order valence-electron chi connectivity index (χ2n) is 6.91. The minimum absolute atomic E-state index is 0.495. The van der Waals surface area contributed by atoms with Gasteiger partial charge < -0.3 is 14.8 Å². The molecule has 0 aromatic carbocycles. The molecule has 2 aromatic heterocycles. The van der Waals surface area contributed by atoms with Crippen LogP contribution in [-0.2, 0) is 0 Å². The van der Waals surface area contributed by atoms with Crippen LogP contribution in [0.2, 0.25) is 0 Å². The highest BCUT2D eigenvalue weighted by molar-refractivity contribution is 5.60. The summed E-state index contributed by atoms with van der Waals surface area (Å²) in [6.07, 6.45) is 7.36. The first-order valence-corrected chi connectivity index (χ1v) is 9.20. The van der Waals surface area contributed by atoms with Gasteiger partial charge in [-0.05, 0) is 46.1 Å². The van der Waals surface area contributed by atoms with E-state index < -0.39 is 0 Å². The molecule has 1 aliphatic heterocycles. The summed E-state index contributed by atoms with van der Waals surface area (Å²) in [4.78, 5) is 16.0. The van der Waals surface area contributed by atoms with Gasteiger partial charge in [0.25, 0.3) is 0 Å². The quantitative estimate of drug-likeness (QED) is 0.911. The highest BCUT2D eigenvalue weighted by Crippen LogP contribution is 2.29. The summed E-state index contributed by atoms with van der Waals surface area (Å²) in [5.74, 6) is 2.57. The fraction of sp³-hybridized carbons (Fsp3) is 0.450. The number of pyridine rings is 1. The van der Waals surface area contributed by atoms with Crippen LogP contribution in [-0.4, -0.2) is 33.7 Å². The van der Waals surface area contributed by atoms with Gasteiger partial charge in [-0.2, -0.15) is 0 Å². The van der Waals surface area contributed by atoms with Crippen molar-refractivity contribution in [1.82, 2.24) is 14.5 Å². The molecule has 138 valence electrons. The lowest BCUT2D eigenvalue weighted by atomic mass is 9.97. The van der Waals surface area contributed by atoms with Crippen molar-refractivity contribution >= 4 is 23.5 Å². The molecular formula is C20H28N6. The first kappa shape index (κ1) is 18.2. The number of nitrogens with one attached hydrogen (secondary N) is 1. The molecule has 0 spiro atoms. The maximum atomic E-state index is 4.70. The minimum atomic E-state index is 0.495. The molecule has 26 heavy (non-hydrogen) atoms. The maximum Gasteiger partial charge on any atom is 0.136 e. The van der Waals surface area contributed by atoms with Crippen LogP contribution in [0.1, 0.15) is 38.9 Å². The molecule has 1 saturated heterocycles. The van der Waals surface area contributed by atoms with Gasteiger partial charge >= 0.3 is 0 Å². The number of nitrogens with zero attached hydrogens (tertiary/aromatic N) is 5. The van der Waals surface area contributed by atoms with E-state index in [-0.39, 0.29) is 0 Å². The second kappa shape index (κ2) is 7.72. The van der Waals surface area contributed by atoms with Gasteiger partial charge in [0.05, 0.1) is 0 Å². The second-order valence-corrected chi connectivity index (χ2v) is 6.91. The van der Waals surface area contributed by atoms with Crippen molar-refractivity contribution in [3.05, 3.63) is 42.3 Å². The molecule has 2 aromatic rings. The van der Waals surface area contributed by atoms with E-state index in [9.17, 15) is 0 Å². The van der Waals surface area contributed by atoms with E-state index >= 15 is 0 Å². The smallest absolute Gasteiger partial charge is 0.136 e. The van der Waals surface area contributed by atoms with E-state index in [1.807, 2.05) is 35.9 Å². The van der Waals surface area contributed by atoms with E-state index in [4.69, 9.17) is 4.98 Å². The highest BCUT2D eigenvalue weighted by atomic mass is 15.3. The van der Waals surface area contributed by atoms with Crippen LogP contribution >= 0.6 is 0 Å². The summed E-state index contributed by atoms with van der Waals surface area (Å²) in [5.41, 5.74) is 1.77. The van der Waals surface area contributed by atoms with Crippen LogP contribution in [0.4, 0.5) is 17.3 Å². The molecule has 0 amide bonds. The van der Waals surface area contributed by atoms with Crippen molar-refractivity contribution in [1.29, 1.82) is 0 Å². The Balaban J connectivity index is 1.92. The highest BCUT2D eigenvalue weighted by Gasteiger charge is 2.26. The van der Waals surface area contributed by atoms with Crippen molar-refractivity contribution in [3.8, 4) is 0 Å². The van der Waals surface area contributed by atoms with E-state index in [0.29, 0.717) is 12.1 Å². The summed E-state index contributed by atoms with van der Waals surface area (Å²) in [5, 5.41) is 3.39. The molecule has 2 atom stereocenters. The Labute approximate surface area is 155 Å². The lowest BCUT2D eigenvalue weighted by molar-refractivity contribution is 0.411. The SMILES string of the molecule is C=Cn1ccc(Nc2cc(N3C(C)CCC[C@@H]3C)nc(C)n2)cc1=NC. The predicted molar refractivity (Wildman–Crippen MR) is 108 cm³/mol. The Morgan fingerprint density at radius 3 is 2.62 bits per heavy atom. The zero-order valence-corrected chi connectivity index (χ0v) is 16.1. The summed E-state index contributed by atoms with van der Waals surface area (Å²) in [6.45, 7) is 10.3. The van der Waals surface area contributed by atoms with Gasteiger partial charge in [-0.25, -0.2) is 9.97 Å². The molecule has 0 radical (unpaired) electrons. The molecule has 1 unspecified atom stereocenters. The van der Waals surface area contributed by atoms with E-state index in [1.54, 1.807) is 13.2 Å². The van der Waals surface area contributed by atoms with Gasteiger partial charge in [0.1, 0.15) is 22.9 Å². The van der Waals surface area contributed by atoms with Crippen molar-refractivity contribution in [3.63, 3.8) is 0 Å². The van der Waals surface area contributed by atoms with Crippen molar-refractivity contribution in [2.24, 2.45) is 4.99 Å². The van der Waals surface area contributed by atoms with Crippen LogP contribution < -0.4 is 15.7 Å². The minimum Gasteiger partial charge on any atom is -0.351 e. The third-order valence-electron chi connectivity index (χ3n) is 4.94. The average Bonchev–Trinajstić information content (AvgIpc) is 2.61. The monoisotopic (exact) mass is 352 g/mol. The summed E-state index contributed by atoms with van der Waals surface area (Å²) < 4.78 is 1.87. The number of aromatic nitrogens is 3. The topological polar surface area (TPSA) is 58.3 Å². The molecule has 1 aliphatic rings. The van der Waals surface area contributed by atoms with Crippen molar-refractivity contribution in [2.45, 2.75) is 52.1 Å². The van der Waals surface area contributed by atoms with Crippen LogP contribution in [0.5, 0.6) is 0 Å². The molecule has 0 saturated carbocycles. The molecule has 1 N–H and O–H groups in total. The third kappa shape index (κ3) is 3.79. The summed E-state index contributed by atoms with van der Waals surface area (Å²) in [6, 6.07) is 7.00. The van der Waals surface area contributed by atoms with Crippen LogP contribution in [0.3, 0.4) is 0 Å². The summed E-state index contributed by atoms with van der Waals surface area (Å²) >= 11 is 0. The molecule has 3 heterocycles. The fourth-order valence-electron chi connectivity index (χ4n) is 3.68. The van der Waals surface area contributed by atoms with Crippen molar-refractivity contribution < 1.29 is 0 Å². The fourth-order valence-corrected chi connectivity index (χ4v) is 3.68. The van der Waals surface area contributed by atoms with E-state index in [1.165, 1.54) is 19.3 Å². The molecule has 1 fully saturated rings. The standard InChI is InChI=1S/C20H28N6/c1-6-25-11-10-17(12-19(25)21-5)24-18-13-20(23-16(4)22-18)26-14(2)8-7-9-15(26)3/h6,10-15H,1,7-9H2,2-5H3,(H,22,23,24)/t14-,15?/m0/s1. The normalized spacial score (nSPS) is 20.9. The lowest BCUT2D eigenvalue weighted by Gasteiger charge is -2.40. The van der Waals surface area contributed by atoms with Gasteiger partial charge in [-0.3, -0.25) is 4.99 Å². The molecule has 6 nitrogen and oxygen atoms in total. The molecular weight excluding hydrogens is 324 g/mol. The Morgan fingerprint density at radius 2 is 1.96 bits per heavy atom. The maximum absolute atomic E-state index is 4.70. The molecule has 6 heteroatoms. The lowest BCUT2D eigenvalue weighted by Crippen LogP contribution is -2.44. The van der Waals surface area contributed by atoms with Gasteiger partial charge in [-0.1, -0.05) is 6.58 Å². The number of hydrogen-bond donors (Lipinski definition) is 1. The first-order valence-electron chi connectivity index (χ1n) is 9.20. The zero-order chi connectivity index (χ0) is 18.7. The number of rotatable bonds is 4. The summed E-state index contributed by atoms with van der Waals surface area (Å²) in [7, 11) is 1.77. The zero-order valence-electron chi connectivity index (χ0n) is 16.1. The van der Waals surface area contributed by atoms with Crippen LogP contribution in [0.15, 0.2) is 36.0 Å². The Morgan fingerprint density at radius 1 is 1.23 bits per heavy atom. The Hall–Kier alpha value is -2.63. The number of piperidine rings is 1. The van der Waals surface area contributed by atoms with E-state index in [2.05, 4.69) is 40.6 Å². The number of aryl methyl sites for hydroxylation is 1. The molecule has 0 aliphatic carbocycles. The van der Waals surface area contributed by atoms with Crippen LogP contribution in [0.25, 0.3) is 6.20 Å². The number of anilines is 3. The van der Waals surface area contributed by atoms with Crippen LogP contribution in [0, 0.1) is 6.92 Å². The third-order valence-corrected chi connectivity index (χ3v) is 4.94. The number of hydrogen-bond acceptors (Lipinski definition) is 5. The Bertz CT molecular complexity index is 844. The van der Waals surface area contributed by atoms with Gasteiger partial charge in [0, 0.05) is 49.3 Å². The first-order chi connectivity index (χ1) is 12.5. The van der Waals surface area contributed by atoms with Gasteiger partial charge in [0.15, 0.2) is 0 Å². The van der Waals surface area contributed by atoms with Gasteiger partial charge in [0.2, 0.25) is 0 Å². The molecule has 0 bridgehead atoms. The largest absolute Gasteiger partial charge is 0.351 e.